The van der Waals surface area contributed by atoms with Crippen molar-refractivity contribution in [3.63, 3.8) is 0 Å². The molecule has 112 valence electrons. The maximum Gasteiger partial charge on any atom is 0.234 e. The number of anilines is 1. The molecule has 4 nitrogen and oxygen atoms in total. The molecule has 1 aromatic carbocycles. The van der Waals surface area contributed by atoms with Crippen LogP contribution in [0.15, 0.2) is 32.9 Å². The second-order valence-corrected chi connectivity index (χ2v) is 7.87. The number of hydrogen-bond donors (Lipinski definition) is 1. The van der Waals surface area contributed by atoms with Crippen LogP contribution in [0.1, 0.15) is 19.4 Å². The van der Waals surface area contributed by atoms with E-state index in [-0.39, 0.29) is 5.91 Å². The zero-order chi connectivity index (χ0) is 15.1. The van der Waals surface area contributed by atoms with E-state index in [0.29, 0.717) is 5.75 Å². The van der Waals surface area contributed by atoms with E-state index < -0.39 is 0 Å². The van der Waals surface area contributed by atoms with Gasteiger partial charge in [0.05, 0.1) is 5.75 Å². The van der Waals surface area contributed by atoms with Crippen molar-refractivity contribution in [1.82, 2.24) is 10.2 Å². The van der Waals surface area contributed by atoms with Crippen molar-refractivity contribution in [1.29, 1.82) is 0 Å². The second kappa shape index (κ2) is 8.41. The predicted molar refractivity (Wildman–Crippen MR) is 91.5 cm³/mol. The first-order chi connectivity index (χ1) is 10.2. The summed E-state index contributed by atoms with van der Waals surface area (Å²) in [6, 6.07) is 7.92. The fraction of sp³-hybridized carbons (Fsp3) is 0.357. The molecule has 0 aliphatic rings. The van der Waals surface area contributed by atoms with Crippen LogP contribution in [0.4, 0.5) is 5.69 Å². The lowest BCUT2D eigenvalue weighted by Crippen LogP contribution is -2.13. The maximum absolute atomic E-state index is 11.9. The van der Waals surface area contributed by atoms with Crippen molar-refractivity contribution in [2.24, 2.45) is 0 Å². The van der Waals surface area contributed by atoms with Gasteiger partial charge >= 0.3 is 0 Å². The highest BCUT2D eigenvalue weighted by atomic mass is 32.2. The third-order valence-corrected chi connectivity index (χ3v) is 5.70. The summed E-state index contributed by atoms with van der Waals surface area (Å²) in [6.07, 6.45) is 0.999. The number of benzene rings is 1. The highest BCUT2D eigenvalue weighted by molar-refractivity contribution is 8.03. The van der Waals surface area contributed by atoms with Gasteiger partial charge in [-0.3, -0.25) is 4.79 Å². The molecule has 2 rings (SSSR count). The number of rotatable bonds is 7. The van der Waals surface area contributed by atoms with Gasteiger partial charge in [-0.15, -0.1) is 10.2 Å². The second-order valence-electron chi connectivity index (χ2n) is 4.15. The molecule has 0 saturated heterocycles. The number of nitrogens with zero attached hydrogens (tertiary/aromatic N) is 2. The average molecular weight is 340 g/mol. The molecule has 0 bridgehead atoms. The van der Waals surface area contributed by atoms with Gasteiger partial charge in [-0.1, -0.05) is 60.8 Å². The summed E-state index contributed by atoms with van der Waals surface area (Å²) in [5.41, 5.74) is 2.09. The molecule has 2 aromatic rings. The fourth-order valence-corrected chi connectivity index (χ4v) is 4.30. The number of aryl methyl sites for hydroxylation is 1. The highest BCUT2D eigenvalue weighted by Crippen LogP contribution is 2.28. The van der Waals surface area contributed by atoms with Gasteiger partial charge < -0.3 is 5.32 Å². The van der Waals surface area contributed by atoms with Crippen LogP contribution in [0.25, 0.3) is 0 Å². The molecule has 1 N–H and O–H groups in total. The van der Waals surface area contributed by atoms with E-state index in [1.165, 1.54) is 28.7 Å². The van der Waals surface area contributed by atoms with Crippen molar-refractivity contribution in [2.75, 3.05) is 16.8 Å². The Bertz CT molecular complexity index is 583. The zero-order valence-corrected chi connectivity index (χ0v) is 14.4. The number of carbonyl (C=O) groups is 1. The molecule has 0 radical (unpaired) electrons. The number of aromatic nitrogens is 2. The van der Waals surface area contributed by atoms with Crippen LogP contribution < -0.4 is 5.32 Å². The molecular weight excluding hydrogens is 322 g/mol. The SMILES string of the molecule is CCSc1nnc(SCC(=O)Nc2ccc(CC)cc2)s1. The van der Waals surface area contributed by atoms with Gasteiger partial charge in [0.15, 0.2) is 8.68 Å². The Kier molecular flexibility index (Phi) is 6.53. The van der Waals surface area contributed by atoms with Gasteiger partial charge in [0.25, 0.3) is 0 Å². The Morgan fingerprint density at radius 1 is 1.14 bits per heavy atom. The van der Waals surface area contributed by atoms with Crippen LogP contribution in [0.2, 0.25) is 0 Å². The number of carbonyl (C=O) groups excluding carboxylic acids is 1. The third kappa shape index (κ3) is 5.33. The molecule has 0 saturated carbocycles. The summed E-state index contributed by atoms with van der Waals surface area (Å²) in [4.78, 5) is 11.9. The molecule has 1 heterocycles. The fourth-order valence-electron chi connectivity index (χ4n) is 1.59. The summed E-state index contributed by atoms with van der Waals surface area (Å²) in [6.45, 7) is 4.19. The van der Waals surface area contributed by atoms with Crippen molar-refractivity contribution in [3.8, 4) is 0 Å². The molecule has 1 amide bonds. The van der Waals surface area contributed by atoms with Crippen LogP contribution in [0, 0.1) is 0 Å². The van der Waals surface area contributed by atoms with Crippen molar-refractivity contribution < 1.29 is 4.79 Å². The molecule has 7 heteroatoms. The van der Waals surface area contributed by atoms with E-state index in [9.17, 15) is 4.79 Å². The lowest BCUT2D eigenvalue weighted by Gasteiger charge is -2.04. The van der Waals surface area contributed by atoms with Gasteiger partial charge in [-0.05, 0) is 29.9 Å². The lowest BCUT2D eigenvalue weighted by atomic mass is 10.1. The van der Waals surface area contributed by atoms with E-state index in [0.717, 1.165) is 26.5 Å². The van der Waals surface area contributed by atoms with Gasteiger partial charge in [-0.25, -0.2) is 0 Å². The van der Waals surface area contributed by atoms with Crippen LogP contribution in [0.5, 0.6) is 0 Å². The summed E-state index contributed by atoms with van der Waals surface area (Å²) in [7, 11) is 0. The Morgan fingerprint density at radius 2 is 1.81 bits per heavy atom. The highest BCUT2D eigenvalue weighted by Gasteiger charge is 2.08. The first kappa shape index (κ1) is 16.3. The van der Waals surface area contributed by atoms with Crippen molar-refractivity contribution >= 4 is 46.5 Å². The van der Waals surface area contributed by atoms with Gasteiger partial charge in [0.1, 0.15) is 0 Å². The summed E-state index contributed by atoms with van der Waals surface area (Å²) < 4.78 is 1.79. The van der Waals surface area contributed by atoms with Crippen molar-refractivity contribution in [3.05, 3.63) is 29.8 Å². The van der Waals surface area contributed by atoms with E-state index in [4.69, 9.17) is 0 Å². The number of nitrogens with one attached hydrogen (secondary N) is 1. The minimum absolute atomic E-state index is 0.0239. The quantitative estimate of drug-likeness (QED) is 0.774. The Balaban J connectivity index is 1.80. The molecule has 0 fully saturated rings. The first-order valence-corrected chi connectivity index (χ1v) is 9.48. The predicted octanol–water partition coefficient (Wildman–Crippen LogP) is 3.94. The number of amides is 1. The van der Waals surface area contributed by atoms with Crippen LogP contribution in [-0.4, -0.2) is 27.6 Å². The first-order valence-electron chi connectivity index (χ1n) is 6.69. The Morgan fingerprint density at radius 3 is 2.43 bits per heavy atom. The van der Waals surface area contributed by atoms with Crippen molar-refractivity contribution in [2.45, 2.75) is 28.9 Å². The van der Waals surface area contributed by atoms with Gasteiger partial charge in [-0.2, -0.15) is 0 Å². The minimum Gasteiger partial charge on any atom is -0.325 e. The monoisotopic (exact) mass is 339 g/mol. The van der Waals surface area contributed by atoms with Crippen LogP contribution >= 0.6 is 34.9 Å². The Labute approximate surface area is 137 Å². The lowest BCUT2D eigenvalue weighted by molar-refractivity contribution is -0.113. The molecular formula is C14H17N3OS3. The summed E-state index contributed by atoms with van der Waals surface area (Å²) in [5, 5.41) is 11.0. The van der Waals surface area contributed by atoms with E-state index >= 15 is 0 Å². The summed E-state index contributed by atoms with van der Waals surface area (Å²) in [5.74, 6) is 1.30. The zero-order valence-electron chi connectivity index (χ0n) is 12.0. The topological polar surface area (TPSA) is 54.9 Å². The molecule has 21 heavy (non-hydrogen) atoms. The van der Waals surface area contributed by atoms with E-state index in [1.807, 2.05) is 24.3 Å². The average Bonchev–Trinajstić information content (AvgIpc) is 2.94. The van der Waals surface area contributed by atoms with Crippen LogP contribution in [0.3, 0.4) is 0 Å². The Hall–Kier alpha value is -1.05. The maximum atomic E-state index is 11.9. The van der Waals surface area contributed by atoms with Gasteiger partial charge in [0.2, 0.25) is 5.91 Å². The molecule has 1 aromatic heterocycles. The van der Waals surface area contributed by atoms with E-state index in [2.05, 4.69) is 29.4 Å². The molecule has 0 spiro atoms. The molecule has 0 aliphatic carbocycles. The summed E-state index contributed by atoms with van der Waals surface area (Å²) >= 11 is 4.62. The smallest absolute Gasteiger partial charge is 0.234 e. The third-order valence-electron chi connectivity index (χ3n) is 2.63. The number of thioether (sulfide) groups is 2. The largest absolute Gasteiger partial charge is 0.325 e. The molecule has 0 unspecified atom stereocenters. The normalized spacial score (nSPS) is 10.6. The standard InChI is InChI=1S/C14H17N3OS3/c1-3-10-5-7-11(8-6-10)15-12(18)9-20-14-17-16-13(21-14)19-4-2/h5-8H,3-4,9H2,1-2H3,(H,15,18). The number of hydrogen-bond acceptors (Lipinski definition) is 6. The molecule has 0 aliphatic heterocycles. The van der Waals surface area contributed by atoms with Crippen LogP contribution in [-0.2, 0) is 11.2 Å². The minimum atomic E-state index is -0.0239. The van der Waals surface area contributed by atoms with E-state index in [1.54, 1.807) is 11.8 Å². The molecule has 0 atom stereocenters. The van der Waals surface area contributed by atoms with Gasteiger partial charge in [0, 0.05) is 5.69 Å².